The number of nitrogens with zero attached hydrogens (tertiary/aromatic N) is 3. The molecule has 0 unspecified atom stereocenters. The number of aryl methyl sites for hydroxylation is 1. The number of amides is 3. The van der Waals surface area contributed by atoms with E-state index in [4.69, 9.17) is 9.26 Å². The third-order valence-electron chi connectivity index (χ3n) is 5.53. The second-order valence-electron chi connectivity index (χ2n) is 7.12. The van der Waals surface area contributed by atoms with Gasteiger partial charge in [-0.3, -0.25) is 9.69 Å². The van der Waals surface area contributed by atoms with Crippen molar-refractivity contribution in [3.05, 3.63) is 65.5 Å². The summed E-state index contributed by atoms with van der Waals surface area (Å²) < 4.78 is 10.4. The molecule has 1 aliphatic heterocycles. The van der Waals surface area contributed by atoms with Gasteiger partial charge < -0.3 is 14.6 Å². The minimum Gasteiger partial charge on any atom is -0.497 e. The lowest BCUT2D eigenvalue weighted by molar-refractivity contribution is -0.132. The van der Waals surface area contributed by atoms with Crippen molar-refractivity contribution >= 4 is 11.9 Å². The Bertz CT molecular complexity index is 1110. The van der Waals surface area contributed by atoms with E-state index < -0.39 is 11.6 Å². The van der Waals surface area contributed by atoms with Gasteiger partial charge in [-0.2, -0.15) is 4.98 Å². The summed E-state index contributed by atoms with van der Waals surface area (Å²) in [5.41, 5.74) is 1.71. The predicted octanol–water partition coefficient (Wildman–Crippen LogP) is 2.64. The number of rotatable bonds is 4. The number of carbonyl (C=O) groups excluding carboxylic acids is 2. The number of hydrogen-bond acceptors (Lipinski definition) is 6. The zero-order chi connectivity index (χ0) is 20.0. The third kappa shape index (κ3) is 2.67. The largest absolute Gasteiger partial charge is 0.497 e. The van der Waals surface area contributed by atoms with Crippen LogP contribution in [0.3, 0.4) is 0 Å². The summed E-state index contributed by atoms with van der Waals surface area (Å²) in [7, 11) is 1.59. The predicted molar refractivity (Wildman–Crippen MR) is 102 cm³/mol. The number of carbonyl (C=O) groups is 2. The summed E-state index contributed by atoms with van der Waals surface area (Å²) in [4.78, 5) is 31.3. The molecular formula is C21H18N4O4. The van der Waals surface area contributed by atoms with Crippen LogP contribution in [0.1, 0.15) is 23.4 Å². The highest BCUT2D eigenvalue weighted by atomic mass is 16.5. The molecule has 0 radical (unpaired) electrons. The average Bonchev–Trinajstić information content (AvgIpc) is 3.43. The van der Waals surface area contributed by atoms with E-state index in [1.807, 2.05) is 36.4 Å². The highest BCUT2D eigenvalue weighted by Crippen LogP contribution is 2.41. The Labute approximate surface area is 166 Å². The minimum absolute atomic E-state index is 0.0717. The molecular weight excluding hydrogens is 372 g/mol. The monoisotopic (exact) mass is 390 g/mol. The van der Waals surface area contributed by atoms with Gasteiger partial charge in [0.15, 0.2) is 0 Å². The molecule has 146 valence electrons. The van der Waals surface area contributed by atoms with E-state index >= 15 is 0 Å². The Hall–Kier alpha value is -3.68. The van der Waals surface area contributed by atoms with Crippen molar-refractivity contribution < 1.29 is 18.8 Å². The van der Waals surface area contributed by atoms with Crippen LogP contribution < -0.4 is 10.1 Å². The van der Waals surface area contributed by atoms with Crippen LogP contribution in [0.2, 0.25) is 0 Å². The first-order valence-electron chi connectivity index (χ1n) is 9.30. The molecule has 1 saturated heterocycles. The van der Waals surface area contributed by atoms with Crippen molar-refractivity contribution in [3.8, 4) is 17.1 Å². The van der Waals surface area contributed by atoms with E-state index in [0.717, 1.165) is 33.8 Å². The molecule has 1 aliphatic carbocycles. The first-order valence-corrected chi connectivity index (χ1v) is 9.30. The Balaban J connectivity index is 1.38. The fraction of sp³-hybridized carbons (Fsp3) is 0.238. The smallest absolute Gasteiger partial charge is 0.325 e. The van der Waals surface area contributed by atoms with Crippen LogP contribution in [0.25, 0.3) is 11.4 Å². The zero-order valence-corrected chi connectivity index (χ0v) is 15.7. The van der Waals surface area contributed by atoms with E-state index in [9.17, 15) is 9.59 Å². The average molecular weight is 390 g/mol. The zero-order valence-electron chi connectivity index (χ0n) is 15.7. The van der Waals surface area contributed by atoms with Crippen LogP contribution in [-0.4, -0.2) is 34.1 Å². The number of urea groups is 1. The molecule has 1 spiro atoms. The molecule has 0 saturated carbocycles. The molecule has 2 aromatic carbocycles. The maximum absolute atomic E-state index is 13.2. The fourth-order valence-corrected chi connectivity index (χ4v) is 4.04. The van der Waals surface area contributed by atoms with E-state index in [1.54, 1.807) is 19.2 Å². The number of ether oxygens (including phenoxy) is 1. The molecule has 2 aliphatic rings. The molecule has 0 bridgehead atoms. The summed E-state index contributed by atoms with van der Waals surface area (Å²) in [6, 6.07) is 14.5. The lowest BCUT2D eigenvalue weighted by Gasteiger charge is -2.21. The van der Waals surface area contributed by atoms with Gasteiger partial charge in [-0.05, 0) is 48.2 Å². The standard InChI is InChI=1S/C21H18N4O4/c1-28-15-8-6-14(7-9-15)18-22-17(29-24-18)12-25-19(26)21(23-20(25)27)11-10-13-4-2-3-5-16(13)21/h2-9H,10-12H2,1H3,(H,23,27)/t21-/m0/s1. The second-order valence-corrected chi connectivity index (χ2v) is 7.12. The van der Waals surface area contributed by atoms with Gasteiger partial charge >= 0.3 is 6.03 Å². The highest BCUT2D eigenvalue weighted by molar-refractivity contribution is 6.08. The van der Waals surface area contributed by atoms with Gasteiger partial charge in [0, 0.05) is 5.56 Å². The molecule has 8 heteroatoms. The molecule has 29 heavy (non-hydrogen) atoms. The summed E-state index contributed by atoms with van der Waals surface area (Å²) in [6.07, 6.45) is 1.30. The first-order chi connectivity index (χ1) is 14.1. The van der Waals surface area contributed by atoms with Gasteiger partial charge in [0.05, 0.1) is 7.11 Å². The quantitative estimate of drug-likeness (QED) is 0.688. The number of methoxy groups -OCH3 is 1. The Kier molecular flexibility index (Phi) is 3.87. The van der Waals surface area contributed by atoms with E-state index in [0.29, 0.717) is 12.2 Å². The molecule has 1 fully saturated rings. The maximum Gasteiger partial charge on any atom is 0.325 e. The second kappa shape index (κ2) is 6.44. The van der Waals surface area contributed by atoms with Crippen LogP contribution in [0.15, 0.2) is 53.1 Å². The van der Waals surface area contributed by atoms with Crippen LogP contribution in [0.5, 0.6) is 5.75 Å². The van der Waals surface area contributed by atoms with Gasteiger partial charge in [0.25, 0.3) is 5.91 Å². The Morgan fingerprint density at radius 2 is 1.97 bits per heavy atom. The highest BCUT2D eigenvalue weighted by Gasteiger charge is 2.55. The van der Waals surface area contributed by atoms with Crippen molar-refractivity contribution in [3.63, 3.8) is 0 Å². The summed E-state index contributed by atoms with van der Waals surface area (Å²) >= 11 is 0. The summed E-state index contributed by atoms with van der Waals surface area (Å²) in [6.45, 7) is -0.0717. The molecule has 1 aromatic heterocycles. The number of hydrogen-bond donors (Lipinski definition) is 1. The Morgan fingerprint density at radius 3 is 2.76 bits per heavy atom. The first kappa shape index (κ1) is 17.4. The lowest BCUT2D eigenvalue weighted by atomic mass is 9.92. The molecule has 2 heterocycles. The fourth-order valence-electron chi connectivity index (χ4n) is 4.04. The maximum atomic E-state index is 13.2. The number of fused-ring (bicyclic) bond motifs is 2. The van der Waals surface area contributed by atoms with Crippen LogP contribution in [0.4, 0.5) is 4.79 Å². The van der Waals surface area contributed by atoms with E-state index in [1.165, 1.54) is 0 Å². The topological polar surface area (TPSA) is 97.6 Å². The van der Waals surface area contributed by atoms with E-state index in [-0.39, 0.29) is 18.3 Å². The van der Waals surface area contributed by atoms with Gasteiger partial charge in [-0.15, -0.1) is 0 Å². The minimum atomic E-state index is -0.994. The SMILES string of the molecule is COc1ccc(-c2noc(CN3C(=O)N[C@]4(CCc5ccccc54)C3=O)n2)cc1. The molecule has 8 nitrogen and oxygen atoms in total. The van der Waals surface area contributed by atoms with Crippen molar-refractivity contribution in [1.29, 1.82) is 0 Å². The van der Waals surface area contributed by atoms with Gasteiger partial charge in [0.2, 0.25) is 11.7 Å². The molecule has 1 atom stereocenters. The molecule has 5 rings (SSSR count). The van der Waals surface area contributed by atoms with Crippen molar-refractivity contribution in [2.45, 2.75) is 24.9 Å². The summed E-state index contributed by atoms with van der Waals surface area (Å²) in [5, 5.41) is 6.85. The van der Waals surface area contributed by atoms with Crippen LogP contribution in [-0.2, 0) is 23.3 Å². The number of nitrogens with one attached hydrogen (secondary N) is 1. The van der Waals surface area contributed by atoms with Crippen LogP contribution >= 0.6 is 0 Å². The molecule has 3 amide bonds. The van der Waals surface area contributed by atoms with E-state index in [2.05, 4.69) is 15.5 Å². The third-order valence-corrected chi connectivity index (χ3v) is 5.53. The van der Waals surface area contributed by atoms with Crippen molar-refractivity contribution in [2.75, 3.05) is 7.11 Å². The normalized spacial score (nSPS) is 20.2. The van der Waals surface area contributed by atoms with Gasteiger partial charge in [-0.25, -0.2) is 4.79 Å². The van der Waals surface area contributed by atoms with Crippen LogP contribution in [0, 0.1) is 0 Å². The number of aromatic nitrogens is 2. The van der Waals surface area contributed by atoms with Gasteiger partial charge in [0.1, 0.15) is 17.8 Å². The molecule has 3 aromatic rings. The van der Waals surface area contributed by atoms with Gasteiger partial charge in [-0.1, -0.05) is 29.4 Å². The molecule has 1 N–H and O–H groups in total. The van der Waals surface area contributed by atoms with Crippen molar-refractivity contribution in [2.24, 2.45) is 0 Å². The van der Waals surface area contributed by atoms with Crippen molar-refractivity contribution in [1.82, 2.24) is 20.4 Å². The summed E-state index contributed by atoms with van der Waals surface area (Å²) in [5.74, 6) is 1.02. The number of imide groups is 1. The number of benzene rings is 2. The lowest BCUT2D eigenvalue weighted by Crippen LogP contribution is -2.41. The Morgan fingerprint density at radius 1 is 1.17 bits per heavy atom.